The zero-order valence-corrected chi connectivity index (χ0v) is 25.3. The molecular formula is C29H25BrCl2N2O7. The van der Waals surface area contributed by atoms with Gasteiger partial charge in [-0.2, -0.15) is 0 Å². The number of fused-ring (bicyclic) bond motifs is 4. The third-order valence-corrected chi connectivity index (χ3v) is 10.9. The molecule has 6 rings (SSSR count). The maximum absolute atomic E-state index is 14.0. The van der Waals surface area contributed by atoms with Gasteiger partial charge in [0, 0.05) is 35.1 Å². The Balaban J connectivity index is 1.55. The standard InChI is InChI=1S/C29H25BrCl2N2O7/c1-33-26(38)28(31)12-18-16(8-9-17-21(18)25(37)34(24(17)36)14-6-4-13(30)5-7-14)23(29(28,32)27(33)39)22-19(35)10-15(40-2)11-20(22)41-3/h4-8,10-11,17-18,21,23,35H,9,12H2,1-3H3/t17-,18+,21-,23+,28+,29-/m0/s1. The molecule has 0 unspecified atom stereocenters. The quantitative estimate of drug-likeness (QED) is 0.294. The van der Waals surface area contributed by atoms with E-state index in [9.17, 15) is 24.3 Å². The first-order chi connectivity index (χ1) is 19.4. The largest absolute Gasteiger partial charge is 0.507 e. The van der Waals surface area contributed by atoms with Crippen molar-refractivity contribution in [3.63, 3.8) is 0 Å². The van der Waals surface area contributed by atoms with Crippen molar-refractivity contribution in [1.29, 1.82) is 0 Å². The van der Waals surface area contributed by atoms with Gasteiger partial charge in [-0.25, -0.2) is 0 Å². The van der Waals surface area contributed by atoms with Crippen LogP contribution in [0.3, 0.4) is 0 Å². The maximum atomic E-state index is 14.0. The fourth-order valence-corrected chi connectivity index (χ4v) is 8.34. The van der Waals surface area contributed by atoms with E-state index in [1.54, 1.807) is 30.3 Å². The van der Waals surface area contributed by atoms with Crippen LogP contribution in [0, 0.1) is 17.8 Å². The average molecular weight is 664 g/mol. The van der Waals surface area contributed by atoms with E-state index in [1.165, 1.54) is 38.3 Å². The van der Waals surface area contributed by atoms with Gasteiger partial charge in [0.15, 0.2) is 9.75 Å². The topological polar surface area (TPSA) is 113 Å². The molecule has 3 fully saturated rings. The number of carbonyl (C=O) groups excluding carboxylic acids is 4. The molecule has 0 aromatic heterocycles. The van der Waals surface area contributed by atoms with E-state index in [4.69, 9.17) is 32.7 Å². The smallest absolute Gasteiger partial charge is 0.253 e. The minimum absolute atomic E-state index is 0.140. The summed E-state index contributed by atoms with van der Waals surface area (Å²) in [5.74, 6) is -5.47. The molecular weight excluding hydrogens is 639 g/mol. The van der Waals surface area contributed by atoms with Crippen molar-refractivity contribution in [2.24, 2.45) is 17.8 Å². The van der Waals surface area contributed by atoms with Crippen LogP contribution in [0.25, 0.3) is 0 Å². The number of nitrogens with zero attached hydrogens (tertiary/aromatic N) is 2. The summed E-state index contributed by atoms with van der Waals surface area (Å²) in [5.41, 5.74) is 1.12. The number of likely N-dealkylation sites (tertiary alicyclic amines) is 1. The maximum Gasteiger partial charge on any atom is 0.253 e. The van der Waals surface area contributed by atoms with Crippen LogP contribution in [0.1, 0.15) is 24.3 Å². The van der Waals surface area contributed by atoms with Gasteiger partial charge in [-0.1, -0.05) is 27.6 Å². The molecule has 41 heavy (non-hydrogen) atoms. The Morgan fingerprint density at radius 2 is 1.66 bits per heavy atom. The zero-order valence-electron chi connectivity index (χ0n) is 22.2. The van der Waals surface area contributed by atoms with Crippen molar-refractivity contribution in [2.45, 2.75) is 28.5 Å². The second-order valence-electron chi connectivity index (χ2n) is 10.7. The van der Waals surface area contributed by atoms with Crippen molar-refractivity contribution < 1.29 is 33.8 Å². The lowest BCUT2D eigenvalue weighted by atomic mass is 9.56. The van der Waals surface area contributed by atoms with Gasteiger partial charge in [0.25, 0.3) is 11.8 Å². The SMILES string of the molecule is COc1cc(O)c([C@H]2C3=CC[C@@H]4C(=O)N(c5ccc(Br)cc5)C(=O)[C@@H]4[C@@H]3C[C@@]3(Cl)C(=O)N(C)C(=O)[C@@]23Cl)c(OC)c1. The molecule has 2 aromatic rings. The first-order valence-electron chi connectivity index (χ1n) is 12.9. The van der Waals surface area contributed by atoms with E-state index in [0.29, 0.717) is 17.0 Å². The lowest BCUT2D eigenvalue weighted by Crippen LogP contribution is -2.60. The van der Waals surface area contributed by atoms with Gasteiger partial charge in [0.05, 0.1) is 31.7 Å². The molecule has 1 saturated carbocycles. The second-order valence-corrected chi connectivity index (χ2v) is 12.9. The van der Waals surface area contributed by atoms with Gasteiger partial charge in [0.1, 0.15) is 17.2 Å². The van der Waals surface area contributed by atoms with E-state index < -0.39 is 51.1 Å². The summed E-state index contributed by atoms with van der Waals surface area (Å²) >= 11 is 17.8. The Bertz CT molecular complexity index is 1560. The van der Waals surface area contributed by atoms with Crippen LogP contribution in [0.2, 0.25) is 0 Å². The van der Waals surface area contributed by atoms with Crippen molar-refractivity contribution in [1.82, 2.24) is 4.90 Å². The Morgan fingerprint density at radius 3 is 2.29 bits per heavy atom. The number of carbonyl (C=O) groups is 4. The Labute approximate surface area is 254 Å². The first kappa shape index (κ1) is 28.1. The molecule has 2 heterocycles. The highest BCUT2D eigenvalue weighted by Gasteiger charge is 2.76. The summed E-state index contributed by atoms with van der Waals surface area (Å²) in [6.45, 7) is 0. The van der Waals surface area contributed by atoms with Gasteiger partial charge in [-0.15, -0.1) is 23.2 Å². The molecule has 12 heteroatoms. The molecule has 2 saturated heterocycles. The minimum Gasteiger partial charge on any atom is -0.507 e. The van der Waals surface area contributed by atoms with Crippen molar-refractivity contribution in [3.8, 4) is 17.2 Å². The number of hydrogen-bond donors (Lipinski definition) is 1. The third-order valence-electron chi connectivity index (χ3n) is 8.94. The van der Waals surface area contributed by atoms with Crippen molar-refractivity contribution in [3.05, 3.63) is 58.1 Å². The van der Waals surface area contributed by atoms with Crippen LogP contribution in [0.4, 0.5) is 5.69 Å². The number of alkyl halides is 2. The number of ether oxygens (including phenoxy) is 2. The second kappa shape index (κ2) is 9.47. The fraction of sp³-hybridized carbons (Fsp3) is 0.379. The highest BCUT2D eigenvalue weighted by molar-refractivity contribution is 9.10. The summed E-state index contributed by atoms with van der Waals surface area (Å²) in [4.78, 5) is 53.1. The van der Waals surface area contributed by atoms with Crippen molar-refractivity contribution in [2.75, 3.05) is 26.2 Å². The zero-order chi connectivity index (χ0) is 29.6. The van der Waals surface area contributed by atoms with E-state index in [0.717, 1.165) is 9.37 Å². The fourth-order valence-electron chi connectivity index (χ4n) is 7.07. The predicted octanol–water partition coefficient (Wildman–Crippen LogP) is 4.37. The number of rotatable bonds is 4. The number of phenols is 1. The monoisotopic (exact) mass is 662 g/mol. The highest BCUT2D eigenvalue weighted by Crippen LogP contribution is 2.67. The highest BCUT2D eigenvalue weighted by atomic mass is 79.9. The number of amides is 4. The van der Waals surface area contributed by atoms with E-state index >= 15 is 0 Å². The predicted molar refractivity (Wildman–Crippen MR) is 153 cm³/mol. The summed E-state index contributed by atoms with van der Waals surface area (Å²) in [6, 6.07) is 9.73. The molecule has 0 radical (unpaired) electrons. The molecule has 0 spiro atoms. The van der Waals surface area contributed by atoms with Gasteiger partial charge >= 0.3 is 0 Å². The van der Waals surface area contributed by atoms with Crippen molar-refractivity contribution >= 4 is 68.4 Å². The van der Waals surface area contributed by atoms with Gasteiger partial charge in [-0.3, -0.25) is 29.0 Å². The summed E-state index contributed by atoms with van der Waals surface area (Å²) in [6.07, 6.45) is 1.85. The summed E-state index contributed by atoms with van der Waals surface area (Å²) in [5, 5.41) is 11.3. The van der Waals surface area contributed by atoms with Crippen LogP contribution in [-0.4, -0.2) is 64.7 Å². The Kier molecular flexibility index (Phi) is 6.48. The number of imide groups is 2. The molecule has 214 valence electrons. The number of benzene rings is 2. The normalized spacial score (nSPS) is 32.5. The van der Waals surface area contributed by atoms with Gasteiger partial charge < -0.3 is 14.6 Å². The third kappa shape index (κ3) is 3.59. The number of methoxy groups -OCH3 is 2. The Hall–Kier alpha value is -3.08. The van der Waals surface area contributed by atoms with Gasteiger partial charge in [-0.05, 0) is 43.0 Å². The minimum atomic E-state index is -2.05. The number of anilines is 1. The molecule has 6 atom stereocenters. The van der Waals surface area contributed by atoms with Crippen LogP contribution in [-0.2, 0) is 19.2 Å². The number of aromatic hydroxyl groups is 1. The van der Waals surface area contributed by atoms with E-state index in [-0.39, 0.29) is 35.8 Å². The lowest BCUT2D eigenvalue weighted by molar-refractivity contribution is -0.138. The molecule has 1 N–H and O–H groups in total. The number of allylic oxidation sites excluding steroid dienone is 2. The van der Waals surface area contributed by atoms with Crippen LogP contribution in [0.15, 0.2) is 52.5 Å². The van der Waals surface area contributed by atoms with E-state index in [2.05, 4.69) is 15.9 Å². The molecule has 2 aliphatic heterocycles. The number of phenolic OH excluding ortho intramolecular Hbond substituents is 1. The van der Waals surface area contributed by atoms with Crippen LogP contribution < -0.4 is 14.4 Å². The van der Waals surface area contributed by atoms with E-state index in [1.807, 2.05) is 0 Å². The molecule has 2 aromatic carbocycles. The molecule has 4 amide bonds. The van der Waals surface area contributed by atoms with Gasteiger partial charge in [0.2, 0.25) is 11.8 Å². The molecule has 2 aliphatic carbocycles. The lowest BCUT2D eigenvalue weighted by Gasteiger charge is -2.51. The average Bonchev–Trinajstić information content (AvgIpc) is 3.28. The molecule has 0 bridgehead atoms. The number of hydrogen-bond acceptors (Lipinski definition) is 7. The Morgan fingerprint density at radius 1 is 0.976 bits per heavy atom. The molecule has 4 aliphatic rings. The number of halogens is 3. The summed E-state index contributed by atoms with van der Waals surface area (Å²) < 4.78 is 11.7. The summed E-state index contributed by atoms with van der Waals surface area (Å²) in [7, 11) is 4.12. The first-order valence-corrected chi connectivity index (χ1v) is 14.4. The molecule has 9 nitrogen and oxygen atoms in total. The van der Waals surface area contributed by atoms with Crippen LogP contribution >= 0.6 is 39.1 Å². The van der Waals surface area contributed by atoms with Crippen LogP contribution in [0.5, 0.6) is 17.2 Å².